The molecule has 0 N–H and O–H groups in total. The third-order valence-corrected chi connectivity index (χ3v) is 16.1. The SMILES string of the molecule is c1ccc2c(c1)Sc1ccc(N(c3ccc4c(c3)C3(c5ccccc5-c5ccccc53)c3ccccc3-4)c3cccc4oc5ccccc5c34)cc1C21c2ccccc2-c2ccccc21. The molecule has 2 spiro atoms. The van der Waals surface area contributed by atoms with Crippen molar-refractivity contribution in [3.8, 4) is 33.4 Å². The average Bonchev–Trinajstić information content (AvgIpc) is 4.08. The van der Waals surface area contributed by atoms with Crippen molar-refractivity contribution in [3.63, 3.8) is 0 Å². The van der Waals surface area contributed by atoms with Crippen LogP contribution in [-0.2, 0) is 10.8 Å². The Morgan fingerprint density at radius 3 is 1.35 bits per heavy atom. The number of hydrogen-bond acceptors (Lipinski definition) is 3. The van der Waals surface area contributed by atoms with E-state index in [9.17, 15) is 0 Å². The van der Waals surface area contributed by atoms with Gasteiger partial charge in [-0.05, 0) is 132 Å². The van der Waals surface area contributed by atoms with Gasteiger partial charge >= 0.3 is 0 Å². The maximum atomic E-state index is 6.64. The quantitative estimate of drug-likeness (QED) is 0.176. The molecular formula is C62H37NOS. The van der Waals surface area contributed by atoms with Crippen molar-refractivity contribution in [2.24, 2.45) is 0 Å². The molecule has 302 valence electrons. The molecule has 3 heteroatoms. The fourth-order valence-electron chi connectivity index (χ4n) is 12.6. The van der Waals surface area contributed by atoms with Crippen LogP contribution in [0.2, 0.25) is 0 Å². The van der Waals surface area contributed by atoms with Crippen LogP contribution in [0, 0.1) is 0 Å². The Morgan fingerprint density at radius 1 is 0.323 bits per heavy atom. The molecule has 0 saturated heterocycles. The van der Waals surface area contributed by atoms with Gasteiger partial charge in [-0.25, -0.2) is 0 Å². The smallest absolute Gasteiger partial charge is 0.137 e. The second kappa shape index (κ2) is 12.9. The number of benzene rings is 10. The molecule has 0 bridgehead atoms. The van der Waals surface area contributed by atoms with Crippen molar-refractivity contribution in [2.75, 3.05) is 4.90 Å². The lowest BCUT2D eigenvalue weighted by atomic mass is 9.67. The maximum absolute atomic E-state index is 6.64. The van der Waals surface area contributed by atoms with Crippen LogP contribution in [0.1, 0.15) is 44.5 Å². The minimum absolute atomic E-state index is 0.479. The normalized spacial score (nSPS) is 14.6. The average molecular weight is 844 g/mol. The van der Waals surface area contributed by atoms with Crippen LogP contribution >= 0.6 is 11.8 Å². The molecule has 0 radical (unpaired) electrons. The second-order valence-electron chi connectivity index (χ2n) is 17.8. The molecule has 0 fully saturated rings. The van der Waals surface area contributed by atoms with E-state index in [1.165, 1.54) is 87.7 Å². The number of fused-ring (bicyclic) bond motifs is 22. The van der Waals surface area contributed by atoms with Gasteiger partial charge in [0.2, 0.25) is 0 Å². The molecule has 10 aromatic carbocycles. The Bertz CT molecular complexity index is 3750. The summed E-state index contributed by atoms with van der Waals surface area (Å²) in [5.41, 5.74) is 22.4. The van der Waals surface area contributed by atoms with E-state index in [0.717, 1.165) is 39.0 Å². The van der Waals surface area contributed by atoms with Crippen LogP contribution in [0.5, 0.6) is 0 Å². The minimum atomic E-state index is -0.513. The summed E-state index contributed by atoms with van der Waals surface area (Å²) in [6.45, 7) is 0. The van der Waals surface area contributed by atoms with Gasteiger partial charge in [0.05, 0.1) is 21.9 Å². The summed E-state index contributed by atoms with van der Waals surface area (Å²) in [5, 5.41) is 2.20. The van der Waals surface area contributed by atoms with E-state index in [4.69, 9.17) is 4.42 Å². The predicted octanol–water partition coefficient (Wildman–Crippen LogP) is 16.2. The van der Waals surface area contributed by atoms with Gasteiger partial charge in [0.1, 0.15) is 11.2 Å². The van der Waals surface area contributed by atoms with Gasteiger partial charge in [-0.2, -0.15) is 0 Å². The van der Waals surface area contributed by atoms with Crippen LogP contribution in [0.15, 0.2) is 239 Å². The van der Waals surface area contributed by atoms with Gasteiger partial charge in [-0.3, -0.25) is 0 Å². The number of rotatable bonds is 3. The van der Waals surface area contributed by atoms with E-state index in [2.05, 4.69) is 229 Å². The van der Waals surface area contributed by atoms with Gasteiger partial charge < -0.3 is 9.32 Å². The molecule has 11 aromatic rings. The lowest BCUT2D eigenvalue weighted by Gasteiger charge is -2.40. The second-order valence-corrected chi connectivity index (χ2v) is 18.9. The molecule has 2 nitrogen and oxygen atoms in total. The molecular weight excluding hydrogens is 807 g/mol. The van der Waals surface area contributed by atoms with Crippen molar-refractivity contribution in [3.05, 3.63) is 269 Å². The first kappa shape index (κ1) is 35.6. The molecule has 65 heavy (non-hydrogen) atoms. The Kier molecular flexibility index (Phi) is 7.05. The monoisotopic (exact) mass is 843 g/mol. The third-order valence-electron chi connectivity index (χ3n) is 14.9. The van der Waals surface area contributed by atoms with Crippen molar-refractivity contribution < 1.29 is 4.42 Å². The highest BCUT2D eigenvalue weighted by molar-refractivity contribution is 7.99. The first-order valence-corrected chi connectivity index (χ1v) is 23.3. The van der Waals surface area contributed by atoms with Crippen LogP contribution < -0.4 is 4.90 Å². The predicted molar refractivity (Wildman–Crippen MR) is 266 cm³/mol. The highest BCUT2D eigenvalue weighted by Crippen LogP contribution is 2.65. The van der Waals surface area contributed by atoms with E-state index in [0.29, 0.717) is 0 Å². The van der Waals surface area contributed by atoms with Gasteiger partial charge in [0.25, 0.3) is 0 Å². The topological polar surface area (TPSA) is 16.4 Å². The summed E-state index contributed by atoms with van der Waals surface area (Å²) >= 11 is 1.89. The molecule has 2 heterocycles. The number of para-hydroxylation sites is 1. The summed E-state index contributed by atoms with van der Waals surface area (Å²) < 4.78 is 6.64. The third kappa shape index (κ3) is 4.41. The summed E-state index contributed by atoms with van der Waals surface area (Å²) in [6.07, 6.45) is 0. The van der Waals surface area contributed by atoms with Gasteiger partial charge in [-0.15, -0.1) is 0 Å². The Balaban J connectivity index is 1.04. The van der Waals surface area contributed by atoms with Gasteiger partial charge in [0, 0.05) is 26.6 Å². The largest absolute Gasteiger partial charge is 0.456 e. The Morgan fingerprint density at radius 2 is 0.754 bits per heavy atom. The summed E-state index contributed by atoms with van der Waals surface area (Å²) in [6, 6.07) is 83.9. The molecule has 1 aromatic heterocycles. The van der Waals surface area contributed by atoms with Crippen LogP contribution in [0.3, 0.4) is 0 Å². The minimum Gasteiger partial charge on any atom is -0.456 e. The first-order valence-electron chi connectivity index (χ1n) is 22.5. The molecule has 0 unspecified atom stereocenters. The fraction of sp³-hybridized carbons (Fsp3) is 0.0323. The number of furan rings is 1. The molecule has 15 rings (SSSR count). The van der Waals surface area contributed by atoms with Gasteiger partial charge in [0.15, 0.2) is 0 Å². The Labute approximate surface area is 381 Å². The van der Waals surface area contributed by atoms with E-state index >= 15 is 0 Å². The summed E-state index contributed by atoms with van der Waals surface area (Å²) in [4.78, 5) is 5.08. The van der Waals surface area contributed by atoms with E-state index in [-0.39, 0.29) is 0 Å². The van der Waals surface area contributed by atoms with E-state index < -0.39 is 10.8 Å². The molecule has 4 aliphatic rings. The highest BCUT2D eigenvalue weighted by Gasteiger charge is 2.53. The summed E-state index contributed by atoms with van der Waals surface area (Å²) in [7, 11) is 0. The van der Waals surface area contributed by atoms with Crippen LogP contribution in [0.25, 0.3) is 55.3 Å². The maximum Gasteiger partial charge on any atom is 0.137 e. The highest BCUT2D eigenvalue weighted by atomic mass is 32.2. The molecule has 0 amide bonds. The zero-order valence-corrected chi connectivity index (χ0v) is 35.9. The first-order chi connectivity index (χ1) is 32.2. The Hall–Kier alpha value is -7.85. The molecule has 0 atom stereocenters. The van der Waals surface area contributed by atoms with Crippen molar-refractivity contribution in [2.45, 2.75) is 20.6 Å². The number of nitrogens with zero attached hydrogens (tertiary/aromatic N) is 1. The van der Waals surface area contributed by atoms with Gasteiger partial charge in [-0.1, -0.05) is 182 Å². The van der Waals surface area contributed by atoms with Crippen molar-refractivity contribution in [1.82, 2.24) is 0 Å². The molecule has 0 saturated carbocycles. The lowest BCUT2D eigenvalue weighted by molar-refractivity contribution is 0.669. The van der Waals surface area contributed by atoms with Crippen LogP contribution in [-0.4, -0.2) is 0 Å². The molecule has 1 aliphatic heterocycles. The number of hydrogen-bond donors (Lipinski definition) is 0. The number of anilines is 3. The van der Waals surface area contributed by atoms with Crippen molar-refractivity contribution in [1.29, 1.82) is 0 Å². The van der Waals surface area contributed by atoms with Crippen LogP contribution in [0.4, 0.5) is 17.1 Å². The van der Waals surface area contributed by atoms with Crippen molar-refractivity contribution >= 4 is 50.8 Å². The molecule has 3 aliphatic carbocycles. The lowest BCUT2D eigenvalue weighted by Crippen LogP contribution is -2.32. The standard InChI is InChI=1S/C62H37NOS/c1-7-22-47-40(16-1)41-17-2-8-23-48(41)61(47)49-24-9-5-20-44(49)45-34-32-38(36-53(45)61)63(55-28-15-30-57-60(55)46-21-6-13-29-56(46)64-57)39-33-35-59-54(37-39)62(52-27-12-14-31-58(52)65-59)50-25-10-3-18-42(50)43-19-4-11-26-51(43)62/h1-37H. The zero-order valence-electron chi connectivity index (χ0n) is 35.1. The fourth-order valence-corrected chi connectivity index (χ4v) is 13.7. The van der Waals surface area contributed by atoms with E-state index in [1.807, 2.05) is 11.8 Å². The summed E-state index contributed by atoms with van der Waals surface area (Å²) in [5.74, 6) is 0. The van der Waals surface area contributed by atoms with E-state index in [1.54, 1.807) is 0 Å². The zero-order chi connectivity index (χ0) is 42.4.